The van der Waals surface area contributed by atoms with Gasteiger partial charge in [-0.05, 0) is 18.2 Å². The van der Waals surface area contributed by atoms with E-state index in [9.17, 15) is 4.39 Å². The van der Waals surface area contributed by atoms with E-state index in [2.05, 4.69) is 35.3 Å². The topological polar surface area (TPSA) is 98.9 Å². The van der Waals surface area contributed by atoms with Crippen LogP contribution in [0.15, 0.2) is 67.4 Å². The standard InChI is InChI=1S/C22H14FN7/c23-17-4-2-1-3-13(17)16-9-24-10-20-14(16)5-19(28-20)22-15-6-18(12-7-26-27-8-12)25-11-21(15)29-30-22/h1-11,28H,(H,26,27)(H,29,30). The lowest BCUT2D eigenvalue weighted by atomic mass is 10.0. The number of H-pyrrole nitrogens is 3. The normalized spacial score (nSPS) is 11.5. The molecule has 0 amide bonds. The molecule has 0 bridgehead atoms. The van der Waals surface area contributed by atoms with Crippen molar-refractivity contribution in [3.05, 3.63) is 73.2 Å². The number of nitrogens with one attached hydrogen (secondary N) is 3. The maximum absolute atomic E-state index is 14.4. The Bertz CT molecular complexity index is 1510. The molecular formula is C22H14FN7. The summed E-state index contributed by atoms with van der Waals surface area (Å²) >= 11 is 0. The quantitative estimate of drug-likeness (QED) is 0.404. The van der Waals surface area contributed by atoms with E-state index in [1.807, 2.05) is 18.2 Å². The first-order valence-electron chi connectivity index (χ1n) is 9.33. The summed E-state index contributed by atoms with van der Waals surface area (Å²) in [6.07, 6.45) is 8.69. The van der Waals surface area contributed by atoms with Crippen LogP contribution in [0.25, 0.3) is 55.6 Å². The highest BCUT2D eigenvalue weighted by Gasteiger charge is 2.16. The minimum atomic E-state index is -0.282. The van der Waals surface area contributed by atoms with Crippen molar-refractivity contribution in [3.8, 4) is 33.8 Å². The van der Waals surface area contributed by atoms with Crippen LogP contribution in [-0.2, 0) is 0 Å². The fourth-order valence-corrected chi connectivity index (χ4v) is 3.74. The smallest absolute Gasteiger partial charge is 0.131 e. The third kappa shape index (κ3) is 2.51. The van der Waals surface area contributed by atoms with Gasteiger partial charge in [0.15, 0.2) is 0 Å². The molecule has 0 aliphatic rings. The minimum Gasteiger partial charge on any atom is -0.352 e. The van der Waals surface area contributed by atoms with Gasteiger partial charge in [-0.25, -0.2) is 4.39 Å². The number of nitrogens with zero attached hydrogens (tertiary/aromatic N) is 4. The van der Waals surface area contributed by atoms with Crippen LogP contribution in [-0.4, -0.2) is 35.3 Å². The van der Waals surface area contributed by atoms with E-state index in [0.29, 0.717) is 5.56 Å². The van der Waals surface area contributed by atoms with E-state index < -0.39 is 0 Å². The minimum absolute atomic E-state index is 0.282. The van der Waals surface area contributed by atoms with Crippen LogP contribution in [0.1, 0.15) is 0 Å². The molecule has 144 valence electrons. The molecule has 5 aromatic heterocycles. The van der Waals surface area contributed by atoms with E-state index in [1.54, 1.807) is 43.1 Å². The number of halogens is 1. The first-order valence-corrected chi connectivity index (χ1v) is 9.33. The zero-order valence-electron chi connectivity index (χ0n) is 15.5. The fourth-order valence-electron chi connectivity index (χ4n) is 3.74. The molecule has 3 N–H and O–H groups in total. The molecule has 0 aliphatic carbocycles. The van der Waals surface area contributed by atoms with E-state index in [4.69, 9.17) is 0 Å². The molecule has 6 aromatic rings. The molecule has 0 saturated heterocycles. The van der Waals surface area contributed by atoms with Crippen LogP contribution >= 0.6 is 0 Å². The first kappa shape index (κ1) is 16.6. The lowest BCUT2D eigenvalue weighted by molar-refractivity contribution is 0.631. The van der Waals surface area contributed by atoms with Crippen molar-refractivity contribution in [2.45, 2.75) is 0 Å². The third-order valence-electron chi connectivity index (χ3n) is 5.21. The average molecular weight is 395 g/mol. The van der Waals surface area contributed by atoms with Crippen LogP contribution in [0, 0.1) is 5.82 Å². The summed E-state index contributed by atoms with van der Waals surface area (Å²) < 4.78 is 14.4. The summed E-state index contributed by atoms with van der Waals surface area (Å²) in [6, 6.07) is 10.7. The molecule has 0 aliphatic heterocycles. The second-order valence-corrected chi connectivity index (χ2v) is 6.99. The highest BCUT2D eigenvalue weighted by molar-refractivity contribution is 6.01. The van der Waals surface area contributed by atoms with Gasteiger partial charge < -0.3 is 4.98 Å². The van der Waals surface area contributed by atoms with E-state index in [1.165, 1.54) is 6.07 Å². The lowest BCUT2D eigenvalue weighted by Crippen LogP contribution is -1.85. The van der Waals surface area contributed by atoms with Gasteiger partial charge in [-0.15, -0.1) is 0 Å². The Kier molecular flexibility index (Phi) is 3.51. The van der Waals surface area contributed by atoms with E-state index in [-0.39, 0.29) is 5.82 Å². The highest BCUT2D eigenvalue weighted by Crippen LogP contribution is 2.34. The maximum atomic E-state index is 14.4. The lowest BCUT2D eigenvalue weighted by Gasteiger charge is -2.03. The predicted octanol–water partition coefficient (Wildman–Crippen LogP) is 4.70. The summed E-state index contributed by atoms with van der Waals surface area (Å²) in [6.45, 7) is 0. The largest absolute Gasteiger partial charge is 0.352 e. The molecule has 1 aromatic carbocycles. The number of hydrogen-bond acceptors (Lipinski definition) is 4. The Hall–Kier alpha value is -4.33. The Morgan fingerprint density at radius 1 is 0.867 bits per heavy atom. The number of fused-ring (bicyclic) bond motifs is 2. The summed E-state index contributed by atoms with van der Waals surface area (Å²) in [5, 5.41) is 16.1. The summed E-state index contributed by atoms with van der Waals surface area (Å²) in [7, 11) is 0. The van der Waals surface area contributed by atoms with Crippen LogP contribution < -0.4 is 0 Å². The van der Waals surface area contributed by atoms with Crippen molar-refractivity contribution >= 4 is 21.8 Å². The van der Waals surface area contributed by atoms with Gasteiger partial charge in [-0.1, -0.05) is 18.2 Å². The fraction of sp³-hybridized carbons (Fsp3) is 0. The number of rotatable bonds is 3. The van der Waals surface area contributed by atoms with E-state index >= 15 is 0 Å². The summed E-state index contributed by atoms with van der Waals surface area (Å²) in [4.78, 5) is 12.1. The number of pyridine rings is 2. The zero-order valence-corrected chi connectivity index (χ0v) is 15.5. The number of benzene rings is 1. The average Bonchev–Trinajstić information content (AvgIpc) is 3.51. The monoisotopic (exact) mass is 395 g/mol. The molecule has 5 heterocycles. The first-order chi connectivity index (χ1) is 14.8. The molecule has 7 nitrogen and oxygen atoms in total. The SMILES string of the molecule is Fc1ccccc1-c1cncc2[nH]c(-c3n[nH]c4cnc(-c5cn[nH]c5)cc34)cc12. The second-order valence-electron chi connectivity index (χ2n) is 6.99. The second kappa shape index (κ2) is 6.35. The molecule has 0 saturated carbocycles. The summed E-state index contributed by atoms with van der Waals surface area (Å²) in [5.74, 6) is -0.282. The maximum Gasteiger partial charge on any atom is 0.131 e. The predicted molar refractivity (Wildman–Crippen MR) is 112 cm³/mol. The van der Waals surface area contributed by atoms with Crippen LogP contribution in [0.5, 0.6) is 0 Å². The Labute approximate surface area is 169 Å². The van der Waals surface area contributed by atoms with Crippen molar-refractivity contribution < 1.29 is 4.39 Å². The van der Waals surface area contributed by atoms with Crippen LogP contribution in [0.2, 0.25) is 0 Å². The highest BCUT2D eigenvalue weighted by atomic mass is 19.1. The van der Waals surface area contributed by atoms with Gasteiger partial charge in [-0.3, -0.25) is 20.2 Å². The molecule has 0 radical (unpaired) electrons. The molecule has 0 fully saturated rings. The molecule has 30 heavy (non-hydrogen) atoms. The van der Waals surface area contributed by atoms with Crippen molar-refractivity contribution in [2.75, 3.05) is 0 Å². The number of hydrogen-bond donors (Lipinski definition) is 3. The number of aromatic amines is 3. The van der Waals surface area contributed by atoms with Crippen molar-refractivity contribution in [1.82, 2.24) is 35.3 Å². The Morgan fingerprint density at radius 2 is 1.80 bits per heavy atom. The summed E-state index contributed by atoms with van der Waals surface area (Å²) in [5.41, 5.74) is 6.14. The van der Waals surface area contributed by atoms with Crippen molar-refractivity contribution in [1.29, 1.82) is 0 Å². The molecule has 6 rings (SSSR count). The Morgan fingerprint density at radius 3 is 2.67 bits per heavy atom. The molecule has 0 atom stereocenters. The van der Waals surface area contributed by atoms with Crippen molar-refractivity contribution in [3.63, 3.8) is 0 Å². The molecule has 0 unspecified atom stereocenters. The van der Waals surface area contributed by atoms with Gasteiger partial charge in [0.2, 0.25) is 0 Å². The van der Waals surface area contributed by atoms with Crippen LogP contribution in [0.3, 0.4) is 0 Å². The Balaban J connectivity index is 1.54. The molecule has 0 spiro atoms. The van der Waals surface area contributed by atoms with E-state index in [0.717, 1.165) is 50.0 Å². The molecular weight excluding hydrogens is 381 g/mol. The van der Waals surface area contributed by atoms with Gasteiger partial charge in [0, 0.05) is 39.9 Å². The number of aromatic nitrogens is 7. The van der Waals surface area contributed by atoms with Crippen molar-refractivity contribution in [2.24, 2.45) is 0 Å². The molecule has 8 heteroatoms. The van der Waals surface area contributed by atoms with Gasteiger partial charge in [0.1, 0.15) is 11.5 Å². The van der Waals surface area contributed by atoms with Gasteiger partial charge in [0.25, 0.3) is 0 Å². The van der Waals surface area contributed by atoms with Gasteiger partial charge >= 0.3 is 0 Å². The third-order valence-corrected chi connectivity index (χ3v) is 5.21. The van der Waals surface area contributed by atoms with Gasteiger partial charge in [0.05, 0.1) is 41.0 Å². The van der Waals surface area contributed by atoms with Gasteiger partial charge in [-0.2, -0.15) is 10.2 Å². The zero-order chi connectivity index (χ0) is 20.1. The van der Waals surface area contributed by atoms with Crippen LogP contribution in [0.4, 0.5) is 4.39 Å².